The van der Waals surface area contributed by atoms with E-state index in [4.69, 9.17) is 5.73 Å². The number of rotatable bonds is 4. The van der Waals surface area contributed by atoms with Gasteiger partial charge in [0.25, 0.3) is 5.91 Å². The van der Waals surface area contributed by atoms with Gasteiger partial charge in [0.1, 0.15) is 0 Å². The molecule has 4 nitrogen and oxygen atoms in total. The fraction of sp³-hybridized carbons (Fsp3) is 0.600. The Balaban J connectivity index is 1.86. The van der Waals surface area contributed by atoms with Gasteiger partial charge in [0.15, 0.2) is 0 Å². The largest absolute Gasteiger partial charge is 0.397 e. The van der Waals surface area contributed by atoms with E-state index in [9.17, 15) is 4.79 Å². The molecule has 19 heavy (non-hydrogen) atoms. The number of aromatic nitrogens is 1. The lowest BCUT2D eigenvalue weighted by molar-refractivity contribution is 0.0922. The lowest BCUT2D eigenvalue weighted by Gasteiger charge is -2.29. The summed E-state index contributed by atoms with van der Waals surface area (Å²) in [6.07, 6.45) is 10.3. The normalized spacial score (nSPS) is 23.0. The molecule has 0 spiro atoms. The van der Waals surface area contributed by atoms with Crippen molar-refractivity contribution in [2.75, 3.05) is 5.73 Å². The van der Waals surface area contributed by atoms with Crippen LogP contribution in [-0.2, 0) is 0 Å². The summed E-state index contributed by atoms with van der Waals surface area (Å²) in [6.45, 7) is 2.24. The fourth-order valence-corrected chi connectivity index (χ4v) is 2.88. The number of nitrogens with zero attached hydrogens (tertiary/aromatic N) is 1. The zero-order valence-electron chi connectivity index (χ0n) is 11.6. The minimum Gasteiger partial charge on any atom is -0.397 e. The summed E-state index contributed by atoms with van der Waals surface area (Å²) in [5, 5.41) is 3.09. The number of nitrogens with two attached hydrogens (primary N) is 1. The molecule has 0 bridgehead atoms. The van der Waals surface area contributed by atoms with Crippen molar-refractivity contribution in [3.8, 4) is 0 Å². The van der Waals surface area contributed by atoms with Crippen LogP contribution in [0.25, 0.3) is 0 Å². The van der Waals surface area contributed by atoms with Crippen molar-refractivity contribution in [1.29, 1.82) is 0 Å². The van der Waals surface area contributed by atoms with Crippen LogP contribution < -0.4 is 11.1 Å². The van der Waals surface area contributed by atoms with E-state index in [0.717, 1.165) is 18.8 Å². The van der Waals surface area contributed by atoms with Gasteiger partial charge in [-0.2, -0.15) is 0 Å². The van der Waals surface area contributed by atoms with Gasteiger partial charge < -0.3 is 11.1 Å². The Bertz CT molecular complexity index is 425. The highest BCUT2D eigenvalue weighted by molar-refractivity contribution is 5.98. The van der Waals surface area contributed by atoms with Gasteiger partial charge in [-0.1, -0.05) is 19.8 Å². The van der Waals surface area contributed by atoms with Crippen LogP contribution in [0.1, 0.15) is 55.8 Å². The van der Waals surface area contributed by atoms with Gasteiger partial charge >= 0.3 is 0 Å². The number of nitrogens with one attached hydrogen (secondary N) is 1. The molecule has 0 unspecified atom stereocenters. The van der Waals surface area contributed by atoms with Crippen LogP contribution in [-0.4, -0.2) is 16.9 Å². The number of nitrogen functional groups attached to an aromatic ring is 1. The Kier molecular flexibility index (Phi) is 4.77. The summed E-state index contributed by atoms with van der Waals surface area (Å²) in [5.74, 6) is 0.781. The molecule has 104 valence electrons. The molecule has 4 heteroatoms. The second kappa shape index (κ2) is 6.55. The monoisotopic (exact) mass is 261 g/mol. The molecule has 3 N–H and O–H groups in total. The van der Waals surface area contributed by atoms with Gasteiger partial charge in [0, 0.05) is 12.2 Å². The van der Waals surface area contributed by atoms with Crippen molar-refractivity contribution in [1.82, 2.24) is 10.3 Å². The molecule has 1 aliphatic carbocycles. The molecule has 0 radical (unpaired) electrons. The van der Waals surface area contributed by atoms with E-state index in [1.54, 1.807) is 12.3 Å². The van der Waals surface area contributed by atoms with Crippen molar-refractivity contribution < 1.29 is 4.79 Å². The second-order valence-corrected chi connectivity index (χ2v) is 5.44. The third kappa shape index (κ3) is 3.69. The standard InChI is InChI=1S/C15H23N3O/c1-2-3-11-4-6-12(7-5-11)18-15(19)13-8-9-17-10-14(13)16/h8-12H,2-7,16H2,1H3,(H,18,19). The molecule has 1 saturated carbocycles. The van der Waals surface area contributed by atoms with Gasteiger partial charge in [0.05, 0.1) is 17.4 Å². The summed E-state index contributed by atoms with van der Waals surface area (Å²) in [7, 11) is 0. The van der Waals surface area contributed by atoms with Gasteiger partial charge in [-0.05, 0) is 37.7 Å². The summed E-state index contributed by atoms with van der Waals surface area (Å²) in [4.78, 5) is 16.0. The third-order valence-corrected chi connectivity index (χ3v) is 3.98. The van der Waals surface area contributed by atoms with Crippen LogP contribution in [0.4, 0.5) is 5.69 Å². The Morgan fingerprint density at radius 1 is 1.42 bits per heavy atom. The Morgan fingerprint density at radius 2 is 2.16 bits per heavy atom. The van der Waals surface area contributed by atoms with E-state index in [2.05, 4.69) is 17.2 Å². The van der Waals surface area contributed by atoms with Gasteiger partial charge in [-0.15, -0.1) is 0 Å². The first-order chi connectivity index (χ1) is 9.20. The summed E-state index contributed by atoms with van der Waals surface area (Å²) in [6, 6.07) is 1.97. The van der Waals surface area contributed by atoms with Crippen LogP contribution in [0.5, 0.6) is 0 Å². The SMILES string of the molecule is CCCC1CCC(NC(=O)c2ccncc2N)CC1. The number of carbonyl (C=O) groups is 1. The molecule has 1 heterocycles. The van der Waals surface area contributed by atoms with Crippen molar-refractivity contribution in [2.45, 2.75) is 51.5 Å². The molecule has 1 aromatic rings. The van der Waals surface area contributed by atoms with Crippen LogP contribution in [0.2, 0.25) is 0 Å². The maximum Gasteiger partial charge on any atom is 0.253 e. The number of carbonyl (C=O) groups excluding carboxylic acids is 1. The van der Waals surface area contributed by atoms with Gasteiger partial charge in [0.2, 0.25) is 0 Å². The van der Waals surface area contributed by atoms with Crippen LogP contribution in [0.3, 0.4) is 0 Å². The van der Waals surface area contributed by atoms with E-state index in [-0.39, 0.29) is 5.91 Å². The zero-order chi connectivity index (χ0) is 13.7. The number of hydrogen-bond acceptors (Lipinski definition) is 3. The summed E-state index contributed by atoms with van der Waals surface area (Å²) in [5.41, 5.74) is 6.74. The van der Waals surface area contributed by atoms with Crippen molar-refractivity contribution in [3.63, 3.8) is 0 Å². The lowest BCUT2D eigenvalue weighted by atomic mass is 9.83. The van der Waals surface area contributed by atoms with Gasteiger partial charge in [-0.25, -0.2) is 0 Å². The Morgan fingerprint density at radius 3 is 2.79 bits per heavy atom. The van der Waals surface area contributed by atoms with E-state index in [1.807, 2.05) is 0 Å². The maximum absolute atomic E-state index is 12.1. The minimum atomic E-state index is -0.0705. The molecule has 1 aliphatic rings. The molecule has 2 rings (SSSR count). The van der Waals surface area contributed by atoms with Crippen molar-refractivity contribution >= 4 is 11.6 Å². The number of hydrogen-bond donors (Lipinski definition) is 2. The highest BCUT2D eigenvalue weighted by atomic mass is 16.1. The quantitative estimate of drug-likeness (QED) is 0.875. The lowest BCUT2D eigenvalue weighted by Crippen LogP contribution is -2.37. The Hall–Kier alpha value is -1.58. The molecular formula is C15H23N3O. The average Bonchev–Trinajstić information content (AvgIpc) is 2.42. The van der Waals surface area contributed by atoms with Crippen LogP contribution in [0, 0.1) is 5.92 Å². The first-order valence-corrected chi connectivity index (χ1v) is 7.21. The average molecular weight is 261 g/mol. The van der Waals surface area contributed by atoms with Crippen molar-refractivity contribution in [2.24, 2.45) is 5.92 Å². The van der Waals surface area contributed by atoms with E-state index >= 15 is 0 Å². The highest BCUT2D eigenvalue weighted by Crippen LogP contribution is 2.27. The molecule has 0 atom stereocenters. The fourth-order valence-electron chi connectivity index (χ4n) is 2.88. The Labute approximate surface area is 114 Å². The molecule has 1 aromatic heterocycles. The first-order valence-electron chi connectivity index (χ1n) is 7.21. The maximum atomic E-state index is 12.1. The van der Waals surface area contributed by atoms with E-state index < -0.39 is 0 Å². The smallest absolute Gasteiger partial charge is 0.253 e. The first kappa shape index (κ1) is 13.8. The molecular weight excluding hydrogens is 238 g/mol. The number of amides is 1. The summed E-state index contributed by atoms with van der Waals surface area (Å²) < 4.78 is 0. The van der Waals surface area contributed by atoms with Gasteiger partial charge in [-0.3, -0.25) is 9.78 Å². The highest BCUT2D eigenvalue weighted by Gasteiger charge is 2.22. The molecule has 0 aliphatic heterocycles. The molecule has 0 aromatic carbocycles. The topological polar surface area (TPSA) is 68.0 Å². The minimum absolute atomic E-state index is 0.0705. The van der Waals surface area contributed by atoms with Crippen LogP contribution >= 0.6 is 0 Å². The number of anilines is 1. The van der Waals surface area contributed by atoms with Crippen LogP contribution in [0.15, 0.2) is 18.5 Å². The second-order valence-electron chi connectivity index (χ2n) is 5.44. The predicted octanol–water partition coefficient (Wildman–Crippen LogP) is 2.75. The predicted molar refractivity (Wildman–Crippen MR) is 76.8 cm³/mol. The summed E-state index contributed by atoms with van der Waals surface area (Å²) >= 11 is 0. The molecule has 0 saturated heterocycles. The molecule has 1 amide bonds. The number of pyridine rings is 1. The van der Waals surface area contributed by atoms with E-state index in [0.29, 0.717) is 17.3 Å². The van der Waals surface area contributed by atoms with Crippen molar-refractivity contribution in [3.05, 3.63) is 24.0 Å². The zero-order valence-corrected chi connectivity index (χ0v) is 11.6. The third-order valence-electron chi connectivity index (χ3n) is 3.98. The molecule has 1 fully saturated rings. The van der Waals surface area contributed by atoms with E-state index in [1.165, 1.54) is 31.9 Å².